The van der Waals surface area contributed by atoms with Gasteiger partial charge in [-0.25, -0.2) is 9.34 Å². The van der Waals surface area contributed by atoms with Crippen LogP contribution in [0.3, 0.4) is 0 Å². The second kappa shape index (κ2) is 8.65. The average Bonchev–Trinajstić information content (AvgIpc) is 2.85. The summed E-state index contributed by atoms with van der Waals surface area (Å²) >= 11 is 0. The van der Waals surface area contributed by atoms with Crippen LogP contribution in [0.4, 0.5) is 0 Å². The van der Waals surface area contributed by atoms with Crippen molar-refractivity contribution in [2.75, 3.05) is 13.2 Å². The Labute approximate surface area is 128 Å². The molecule has 0 bridgehead atoms. The van der Waals surface area contributed by atoms with E-state index in [4.69, 9.17) is 9.79 Å². The van der Waals surface area contributed by atoms with E-state index in [0.29, 0.717) is 19.4 Å². The molecule has 1 rings (SSSR count). The molecule has 1 unspecified atom stereocenters. The van der Waals surface area contributed by atoms with Gasteiger partial charge in [0.25, 0.3) is 0 Å². The fraction of sp³-hybridized carbons (Fsp3) is 0.857. The first-order chi connectivity index (χ1) is 9.90. The van der Waals surface area contributed by atoms with E-state index in [9.17, 15) is 9.90 Å². The molecule has 1 aliphatic rings. The molecule has 0 aliphatic carbocycles. The number of carboxylic acid groups (broad SMARTS) is 1. The highest BCUT2D eigenvalue weighted by molar-refractivity contribution is 7.47. The van der Waals surface area contributed by atoms with Crippen LogP contribution >= 0.6 is 8.45 Å². The maximum atomic E-state index is 11.5. The molecule has 0 spiro atoms. The molecule has 120 valence electrons. The molecule has 7 heteroatoms. The largest absolute Gasteiger partial charge is 0.480 e. The van der Waals surface area contributed by atoms with Crippen LogP contribution in [0.2, 0.25) is 0 Å². The molecule has 1 fully saturated rings. The number of nitrogens with zero attached hydrogens (tertiary/aromatic N) is 3. The van der Waals surface area contributed by atoms with E-state index >= 15 is 0 Å². The van der Waals surface area contributed by atoms with E-state index in [1.54, 1.807) is 0 Å². The van der Waals surface area contributed by atoms with Gasteiger partial charge in [0.15, 0.2) is 8.45 Å². The summed E-state index contributed by atoms with van der Waals surface area (Å²) in [6, 6.07) is 2.12. The third-order valence-electron chi connectivity index (χ3n) is 3.41. The van der Waals surface area contributed by atoms with Crippen molar-refractivity contribution in [3.8, 4) is 6.07 Å². The maximum absolute atomic E-state index is 11.5. The summed E-state index contributed by atoms with van der Waals surface area (Å²) in [6.07, 6.45) is 1.87. The third kappa shape index (κ3) is 4.89. The number of aliphatic carboxylic acids is 1. The van der Waals surface area contributed by atoms with E-state index < -0.39 is 20.5 Å². The molecule has 0 aromatic rings. The van der Waals surface area contributed by atoms with Crippen LogP contribution in [0.1, 0.15) is 47.0 Å². The molecular weight excluding hydrogens is 289 g/mol. The van der Waals surface area contributed by atoms with Gasteiger partial charge in [0, 0.05) is 18.6 Å². The van der Waals surface area contributed by atoms with Crippen molar-refractivity contribution in [1.29, 1.82) is 5.26 Å². The van der Waals surface area contributed by atoms with Gasteiger partial charge in [-0.15, -0.1) is 0 Å². The smallest absolute Gasteiger partial charge is 0.321 e. The van der Waals surface area contributed by atoms with Crippen LogP contribution in [0.5, 0.6) is 0 Å². The first-order valence-corrected chi connectivity index (χ1v) is 8.64. The van der Waals surface area contributed by atoms with Crippen LogP contribution in [0, 0.1) is 11.3 Å². The normalized spacial score (nSPS) is 21.1. The highest BCUT2D eigenvalue weighted by Crippen LogP contribution is 2.51. The fourth-order valence-corrected chi connectivity index (χ4v) is 5.00. The number of hydrogen-bond acceptors (Lipinski definition) is 5. The van der Waals surface area contributed by atoms with E-state index in [1.165, 1.54) is 0 Å². The minimum absolute atomic E-state index is 0.258. The number of rotatable bonds is 8. The molecule has 0 saturated carbocycles. The zero-order valence-corrected chi connectivity index (χ0v) is 14.2. The first kappa shape index (κ1) is 18.3. The van der Waals surface area contributed by atoms with Crippen molar-refractivity contribution >= 4 is 14.4 Å². The summed E-state index contributed by atoms with van der Waals surface area (Å²) < 4.78 is 10.2. The van der Waals surface area contributed by atoms with Crippen molar-refractivity contribution in [2.24, 2.45) is 0 Å². The quantitative estimate of drug-likeness (QED) is 0.548. The van der Waals surface area contributed by atoms with Gasteiger partial charge in [-0.2, -0.15) is 5.26 Å². The highest BCUT2D eigenvalue weighted by Gasteiger charge is 2.41. The molecule has 21 heavy (non-hydrogen) atoms. The summed E-state index contributed by atoms with van der Waals surface area (Å²) in [5, 5.41) is 18.1. The Bertz CT molecular complexity index is 376. The summed E-state index contributed by atoms with van der Waals surface area (Å²) in [5.74, 6) is -0.781. The summed E-state index contributed by atoms with van der Waals surface area (Å²) in [4.78, 5) is 11.5. The monoisotopic (exact) mass is 315 g/mol. The minimum Gasteiger partial charge on any atom is -0.480 e. The van der Waals surface area contributed by atoms with Crippen molar-refractivity contribution < 1.29 is 14.4 Å². The average molecular weight is 315 g/mol. The van der Waals surface area contributed by atoms with Gasteiger partial charge in [0.05, 0.1) is 19.1 Å². The maximum Gasteiger partial charge on any atom is 0.321 e. The second-order valence-corrected chi connectivity index (χ2v) is 7.46. The number of carbonyl (C=O) groups is 1. The molecule has 0 radical (unpaired) electrons. The van der Waals surface area contributed by atoms with Crippen LogP contribution in [-0.4, -0.2) is 51.7 Å². The zero-order valence-electron chi connectivity index (χ0n) is 13.3. The zero-order chi connectivity index (χ0) is 16.0. The first-order valence-electron chi connectivity index (χ1n) is 7.47. The highest BCUT2D eigenvalue weighted by atomic mass is 31.2. The van der Waals surface area contributed by atoms with Crippen molar-refractivity contribution in [3.05, 3.63) is 0 Å². The molecule has 1 saturated heterocycles. The second-order valence-electron chi connectivity index (χ2n) is 5.72. The lowest BCUT2D eigenvalue weighted by Gasteiger charge is -2.42. The number of nitriles is 1. The van der Waals surface area contributed by atoms with E-state index in [0.717, 1.165) is 13.0 Å². The molecule has 0 amide bonds. The lowest BCUT2D eigenvalue weighted by molar-refractivity contribution is -0.140. The Kier molecular flexibility index (Phi) is 7.55. The molecular formula is C14H26N3O3P. The minimum atomic E-state index is -1.15. The molecule has 1 heterocycles. The predicted octanol–water partition coefficient (Wildman–Crippen LogP) is 2.81. The van der Waals surface area contributed by atoms with Gasteiger partial charge in [0.1, 0.15) is 6.04 Å². The van der Waals surface area contributed by atoms with Crippen LogP contribution in [0.15, 0.2) is 0 Å². The Morgan fingerprint density at radius 2 is 2.10 bits per heavy atom. The standard InChI is InChI=1S/C14H26N3O3P/c1-11(2)17(12(3)4)21(20-10-6-8-15)16-9-5-7-13(16)14(18)19/h11-13H,5-7,9-10H2,1-4H3,(H,18,19)/t13-,21?/m0/s1. The van der Waals surface area contributed by atoms with Crippen LogP contribution in [-0.2, 0) is 9.32 Å². The molecule has 0 aromatic heterocycles. The SMILES string of the molecule is CC(C)N(C(C)C)P(OCCC#N)N1CCC[C@H]1C(=O)O. The summed E-state index contributed by atoms with van der Waals surface area (Å²) in [6.45, 7) is 9.46. The Hall–Kier alpha value is -0.730. The van der Waals surface area contributed by atoms with Gasteiger partial charge in [-0.1, -0.05) is 0 Å². The van der Waals surface area contributed by atoms with Gasteiger partial charge < -0.3 is 9.63 Å². The Balaban J connectivity index is 2.94. The number of carboxylic acids is 1. The topological polar surface area (TPSA) is 76.8 Å². The number of hydrogen-bond donors (Lipinski definition) is 1. The Morgan fingerprint density at radius 1 is 1.48 bits per heavy atom. The van der Waals surface area contributed by atoms with Gasteiger partial charge in [-0.05, 0) is 40.5 Å². The lowest BCUT2D eigenvalue weighted by Crippen LogP contribution is -2.42. The van der Waals surface area contributed by atoms with Crippen LogP contribution < -0.4 is 0 Å². The molecule has 6 nitrogen and oxygen atoms in total. The molecule has 1 N–H and O–H groups in total. The van der Waals surface area contributed by atoms with Crippen molar-refractivity contribution in [2.45, 2.75) is 65.1 Å². The summed E-state index contributed by atoms with van der Waals surface area (Å²) in [5.41, 5.74) is 0. The fourth-order valence-electron chi connectivity index (χ4n) is 2.65. The van der Waals surface area contributed by atoms with E-state index in [2.05, 4.69) is 38.4 Å². The molecule has 1 aliphatic heterocycles. The van der Waals surface area contributed by atoms with Crippen molar-refractivity contribution in [3.63, 3.8) is 0 Å². The summed E-state index contributed by atoms with van der Waals surface area (Å²) in [7, 11) is -1.15. The van der Waals surface area contributed by atoms with Gasteiger partial charge in [0.2, 0.25) is 0 Å². The predicted molar refractivity (Wildman–Crippen MR) is 82.6 cm³/mol. The van der Waals surface area contributed by atoms with Gasteiger partial charge in [-0.3, -0.25) is 4.79 Å². The van der Waals surface area contributed by atoms with E-state index in [-0.39, 0.29) is 12.1 Å². The third-order valence-corrected chi connectivity index (χ3v) is 6.06. The van der Waals surface area contributed by atoms with Gasteiger partial charge >= 0.3 is 5.97 Å². The van der Waals surface area contributed by atoms with Crippen LogP contribution in [0.25, 0.3) is 0 Å². The Morgan fingerprint density at radius 3 is 2.57 bits per heavy atom. The molecule has 2 atom stereocenters. The lowest BCUT2D eigenvalue weighted by atomic mass is 10.2. The van der Waals surface area contributed by atoms with Crippen molar-refractivity contribution in [1.82, 2.24) is 9.34 Å². The molecule has 0 aromatic carbocycles. The van der Waals surface area contributed by atoms with E-state index in [1.807, 2.05) is 4.67 Å².